The van der Waals surface area contributed by atoms with Crippen LogP contribution in [0.25, 0.3) is 0 Å². The van der Waals surface area contributed by atoms with Gasteiger partial charge in [-0.15, -0.1) is 0 Å². The number of aromatic hydroxyl groups is 1. The number of hydrazone groups is 1. The molecule has 0 saturated heterocycles. The normalized spacial score (nSPS) is 10.6. The van der Waals surface area contributed by atoms with Gasteiger partial charge in [-0.05, 0) is 42.5 Å². The summed E-state index contributed by atoms with van der Waals surface area (Å²) in [5.41, 5.74) is 3.07. The summed E-state index contributed by atoms with van der Waals surface area (Å²) < 4.78 is 0. The maximum atomic E-state index is 12.4. The molecule has 0 unspecified atom stereocenters. The van der Waals surface area contributed by atoms with Gasteiger partial charge in [0.1, 0.15) is 5.75 Å². The van der Waals surface area contributed by atoms with Crippen molar-refractivity contribution in [3.05, 3.63) is 98.6 Å². The van der Waals surface area contributed by atoms with E-state index in [9.17, 15) is 24.8 Å². The third kappa shape index (κ3) is 5.64. The monoisotopic (exact) mass is 438 g/mol. The van der Waals surface area contributed by atoms with Crippen molar-refractivity contribution >= 4 is 41.0 Å². The topological polar surface area (TPSA) is 134 Å². The number of amides is 2. The Morgan fingerprint density at radius 3 is 2.45 bits per heavy atom. The first kappa shape index (κ1) is 21.5. The number of phenols is 1. The standard InChI is InChI=1S/C21H15ClN4O5/c22-16-7-8-19(27)15(9-16)12-23-25-21(29)13-3-1-5-17(10-13)24-20(28)14-4-2-6-18(11-14)26(30)31/h1-12,27H,(H,24,28)(H,25,29). The average molecular weight is 439 g/mol. The summed E-state index contributed by atoms with van der Waals surface area (Å²) in [4.78, 5) is 35.0. The molecule has 31 heavy (non-hydrogen) atoms. The summed E-state index contributed by atoms with van der Waals surface area (Å²) in [5, 5.41) is 27.4. The number of carbonyl (C=O) groups is 2. The molecule has 10 heteroatoms. The molecule has 0 heterocycles. The van der Waals surface area contributed by atoms with E-state index in [2.05, 4.69) is 15.8 Å². The second-order valence-corrected chi connectivity index (χ2v) is 6.68. The first-order valence-corrected chi connectivity index (χ1v) is 9.19. The van der Waals surface area contributed by atoms with Crippen molar-refractivity contribution < 1.29 is 19.6 Å². The number of nitrogens with zero attached hydrogens (tertiary/aromatic N) is 2. The maximum Gasteiger partial charge on any atom is 0.271 e. The number of benzene rings is 3. The fourth-order valence-corrected chi connectivity index (χ4v) is 2.74. The predicted octanol–water partition coefficient (Wildman–Crippen LogP) is 3.97. The summed E-state index contributed by atoms with van der Waals surface area (Å²) >= 11 is 5.85. The number of nitro benzene ring substituents is 1. The predicted molar refractivity (Wildman–Crippen MR) is 116 cm³/mol. The lowest BCUT2D eigenvalue weighted by molar-refractivity contribution is -0.384. The molecule has 156 valence electrons. The van der Waals surface area contributed by atoms with Crippen molar-refractivity contribution in [3.8, 4) is 5.75 Å². The van der Waals surface area contributed by atoms with E-state index in [0.29, 0.717) is 16.3 Å². The third-order valence-electron chi connectivity index (χ3n) is 4.06. The summed E-state index contributed by atoms with van der Waals surface area (Å²) in [6.45, 7) is 0. The fourth-order valence-electron chi connectivity index (χ4n) is 2.56. The van der Waals surface area contributed by atoms with Crippen LogP contribution in [0.15, 0.2) is 71.8 Å². The molecule has 0 aromatic heterocycles. The molecule has 0 aliphatic rings. The highest BCUT2D eigenvalue weighted by atomic mass is 35.5. The van der Waals surface area contributed by atoms with Crippen LogP contribution in [-0.2, 0) is 0 Å². The first-order chi connectivity index (χ1) is 14.8. The Morgan fingerprint density at radius 2 is 1.71 bits per heavy atom. The molecule has 3 aromatic rings. The zero-order valence-electron chi connectivity index (χ0n) is 15.8. The minimum Gasteiger partial charge on any atom is -0.507 e. The van der Waals surface area contributed by atoms with Crippen LogP contribution < -0.4 is 10.7 Å². The third-order valence-corrected chi connectivity index (χ3v) is 4.30. The second kappa shape index (κ2) is 9.51. The van der Waals surface area contributed by atoms with Crippen LogP contribution in [0.5, 0.6) is 5.75 Å². The van der Waals surface area contributed by atoms with Crippen molar-refractivity contribution in [2.24, 2.45) is 5.10 Å². The maximum absolute atomic E-state index is 12.4. The molecule has 3 aromatic carbocycles. The minimum absolute atomic E-state index is 0.0479. The van der Waals surface area contributed by atoms with Crippen LogP contribution in [0.3, 0.4) is 0 Å². The van der Waals surface area contributed by atoms with E-state index in [4.69, 9.17) is 11.6 Å². The lowest BCUT2D eigenvalue weighted by Crippen LogP contribution is -2.18. The molecule has 0 atom stereocenters. The summed E-state index contributed by atoms with van der Waals surface area (Å²) in [6, 6.07) is 15.8. The number of nitrogens with one attached hydrogen (secondary N) is 2. The number of halogens is 1. The van der Waals surface area contributed by atoms with Gasteiger partial charge in [0.25, 0.3) is 17.5 Å². The van der Waals surface area contributed by atoms with Crippen LogP contribution in [0.2, 0.25) is 5.02 Å². The van der Waals surface area contributed by atoms with E-state index in [1.54, 1.807) is 12.1 Å². The number of hydrogen-bond donors (Lipinski definition) is 3. The van der Waals surface area contributed by atoms with Crippen LogP contribution >= 0.6 is 11.6 Å². The molecule has 0 aliphatic heterocycles. The van der Waals surface area contributed by atoms with Crippen LogP contribution in [0.4, 0.5) is 11.4 Å². The van der Waals surface area contributed by atoms with Gasteiger partial charge in [0.15, 0.2) is 0 Å². The Hall–Kier alpha value is -4.24. The summed E-state index contributed by atoms with van der Waals surface area (Å²) in [5.74, 6) is -1.16. The van der Waals surface area contributed by atoms with E-state index in [0.717, 1.165) is 6.07 Å². The van der Waals surface area contributed by atoms with Crippen molar-refractivity contribution in [3.63, 3.8) is 0 Å². The molecule has 3 N–H and O–H groups in total. The van der Waals surface area contributed by atoms with Gasteiger partial charge in [-0.3, -0.25) is 19.7 Å². The Kier molecular flexibility index (Phi) is 6.58. The van der Waals surface area contributed by atoms with Gasteiger partial charge in [0, 0.05) is 39.5 Å². The minimum atomic E-state index is -0.592. The van der Waals surface area contributed by atoms with E-state index >= 15 is 0 Å². The lowest BCUT2D eigenvalue weighted by Gasteiger charge is -2.07. The molecule has 0 bridgehead atoms. The van der Waals surface area contributed by atoms with Crippen molar-refractivity contribution in [1.82, 2.24) is 5.43 Å². The van der Waals surface area contributed by atoms with Crippen molar-refractivity contribution in [2.45, 2.75) is 0 Å². The van der Waals surface area contributed by atoms with Crippen LogP contribution in [0, 0.1) is 10.1 Å². The van der Waals surface area contributed by atoms with Gasteiger partial charge in [0.2, 0.25) is 0 Å². The molecule has 3 rings (SSSR count). The van der Waals surface area contributed by atoms with E-state index in [1.165, 1.54) is 54.7 Å². The Bertz CT molecular complexity index is 1200. The largest absolute Gasteiger partial charge is 0.507 e. The van der Waals surface area contributed by atoms with E-state index < -0.39 is 16.7 Å². The number of anilines is 1. The van der Waals surface area contributed by atoms with Crippen molar-refractivity contribution in [1.29, 1.82) is 0 Å². The highest BCUT2D eigenvalue weighted by molar-refractivity contribution is 6.30. The Labute approximate surface area is 181 Å². The highest BCUT2D eigenvalue weighted by Crippen LogP contribution is 2.20. The molecule has 0 aliphatic carbocycles. The van der Waals surface area contributed by atoms with Gasteiger partial charge in [-0.2, -0.15) is 5.10 Å². The smallest absolute Gasteiger partial charge is 0.271 e. The molecule has 0 saturated carbocycles. The zero-order chi connectivity index (χ0) is 22.4. The molecule has 0 radical (unpaired) electrons. The highest BCUT2D eigenvalue weighted by Gasteiger charge is 2.13. The van der Waals surface area contributed by atoms with Crippen LogP contribution in [-0.4, -0.2) is 28.1 Å². The molecular weight excluding hydrogens is 424 g/mol. The SMILES string of the molecule is O=C(NN=Cc1cc(Cl)ccc1O)c1cccc(NC(=O)c2cccc([N+](=O)[O-])c2)c1. The molecule has 2 amide bonds. The second-order valence-electron chi connectivity index (χ2n) is 6.24. The summed E-state index contributed by atoms with van der Waals surface area (Å²) in [7, 11) is 0. The van der Waals surface area contributed by atoms with Gasteiger partial charge in [0.05, 0.1) is 11.1 Å². The number of hydrogen-bond acceptors (Lipinski definition) is 6. The Morgan fingerprint density at radius 1 is 1.00 bits per heavy atom. The van der Waals surface area contributed by atoms with E-state index in [1.807, 2.05) is 0 Å². The Balaban J connectivity index is 1.68. The number of nitro groups is 1. The molecular formula is C21H15ClN4O5. The quantitative estimate of drug-likeness (QED) is 0.304. The number of carbonyl (C=O) groups excluding carboxylic acids is 2. The van der Waals surface area contributed by atoms with Crippen molar-refractivity contribution in [2.75, 3.05) is 5.32 Å². The van der Waals surface area contributed by atoms with E-state index in [-0.39, 0.29) is 22.6 Å². The molecule has 0 spiro atoms. The van der Waals surface area contributed by atoms with Gasteiger partial charge >= 0.3 is 0 Å². The number of phenolic OH excluding ortho intramolecular Hbond substituents is 1. The molecule has 9 nitrogen and oxygen atoms in total. The van der Waals surface area contributed by atoms with Gasteiger partial charge in [-0.25, -0.2) is 5.43 Å². The fraction of sp³-hybridized carbons (Fsp3) is 0. The van der Waals surface area contributed by atoms with Gasteiger partial charge in [-0.1, -0.05) is 23.7 Å². The van der Waals surface area contributed by atoms with Gasteiger partial charge < -0.3 is 10.4 Å². The lowest BCUT2D eigenvalue weighted by atomic mass is 10.1. The number of rotatable bonds is 6. The first-order valence-electron chi connectivity index (χ1n) is 8.81. The molecule has 0 fully saturated rings. The number of non-ortho nitro benzene ring substituents is 1. The average Bonchev–Trinajstić information content (AvgIpc) is 2.76. The summed E-state index contributed by atoms with van der Waals surface area (Å²) in [6.07, 6.45) is 1.24. The zero-order valence-corrected chi connectivity index (χ0v) is 16.5. The van der Waals surface area contributed by atoms with Crippen LogP contribution in [0.1, 0.15) is 26.3 Å².